The predicted octanol–water partition coefficient (Wildman–Crippen LogP) is 2.95. The Morgan fingerprint density at radius 1 is 0.917 bits per heavy atom. The first-order chi connectivity index (χ1) is 11.9. The number of aromatic nitrogens is 3. The van der Waals surface area contributed by atoms with Gasteiger partial charge in [-0.3, -0.25) is 0 Å². The van der Waals surface area contributed by atoms with Crippen molar-refractivity contribution in [2.75, 3.05) is 13.2 Å². The molecule has 0 unspecified atom stereocenters. The van der Waals surface area contributed by atoms with E-state index >= 15 is 0 Å². The standard InChI is InChI=1S/C7H5NO.C6H6N2O2.C3H3NO/c1-2-4-7-6(3-1)8-5-9-7;1-3-9-5(7-1)6-8-2-4-10-6;1-2-5-3-4-1/h1-5H;1,3H,2,4H2;1-3H. The number of para-hydroxylation sites is 2. The summed E-state index contributed by atoms with van der Waals surface area (Å²) in [6.45, 7) is 1.34. The molecule has 1 aliphatic rings. The van der Waals surface area contributed by atoms with Crippen LogP contribution in [0.15, 0.2) is 80.2 Å². The molecule has 0 atom stereocenters. The van der Waals surface area contributed by atoms with Crippen molar-refractivity contribution >= 4 is 17.0 Å². The van der Waals surface area contributed by atoms with Crippen molar-refractivity contribution < 1.29 is 18.0 Å². The zero-order chi connectivity index (χ0) is 16.5. The maximum Gasteiger partial charge on any atom is 0.282 e. The second kappa shape index (κ2) is 8.28. The molecule has 0 saturated carbocycles. The molecule has 0 aliphatic carbocycles. The minimum atomic E-state index is 0.470. The maximum atomic E-state index is 5.09. The zero-order valence-corrected chi connectivity index (χ0v) is 12.6. The van der Waals surface area contributed by atoms with Gasteiger partial charge < -0.3 is 18.0 Å². The molecule has 122 valence electrons. The van der Waals surface area contributed by atoms with Gasteiger partial charge in [-0.15, -0.1) is 0 Å². The van der Waals surface area contributed by atoms with Gasteiger partial charge in [0.05, 0.1) is 18.9 Å². The summed E-state index contributed by atoms with van der Waals surface area (Å²) in [5, 5.41) is 0. The Morgan fingerprint density at radius 2 is 1.88 bits per heavy atom. The van der Waals surface area contributed by atoms with Crippen molar-refractivity contribution in [1.82, 2.24) is 15.0 Å². The number of hydrogen-bond acceptors (Lipinski definition) is 8. The Bertz CT molecular complexity index is 806. The van der Waals surface area contributed by atoms with Crippen LogP contribution in [-0.2, 0) is 4.74 Å². The highest BCUT2D eigenvalue weighted by Crippen LogP contribution is 2.09. The Kier molecular flexibility index (Phi) is 5.34. The summed E-state index contributed by atoms with van der Waals surface area (Å²) in [6.07, 6.45) is 8.99. The fourth-order valence-electron chi connectivity index (χ4n) is 1.77. The third kappa shape index (κ3) is 4.29. The van der Waals surface area contributed by atoms with Crippen LogP contribution in [0, 0.1) is 0 Å². The van der Waals surface area contributed by atoms with Gasteiger partial charge in [0.25, 0.3) is 11.8 Å². The fourth-order valence-corrected chi connectivity index (χ4v) is 1.77. The summed E-state index contributed by atoms with van der Waals surface area (Å²) >= 11 is 0. The molecular weight excluding hydrogens is 312 g/mol. The third-order valence-corrected chi connectivity index (χ3v) is 2.78. The summed E-state index contributed by atoms with van der Waals surface area (Å²) in [5.41, 5.74) is 1.76. The highest BCUT2D eigenvalue weighted by Gasteiger charge is 2.13. The number of rotatable bonds is 1. The quantitative estimate of drug-likeness (QED) is 0.530. The van der Waals surface area contributed by atoms with E-state index in [1.54, 1.807) is 12.4 Å². The lowest BCUT2D eigenvalue weighted by Crippen LogP contribution is -2.00. The van der Waals surface area contributed by atoms with Crippen molar-refractivity contribution in [3.05, 3.63) is 67.9 Å². The van der Waals surface area contributed by atoms with Crippen LogP contribution in [0.1, 0.15) is 5.89 Å². The smallest absolute Gasteiger partial charge is 0.282 e. The van der Waals surface area contributed by atoms with E-state index in [-0.39, 0.29) is 0 Å². The van der Waals surface area contributed by atoms with Crippen LogP contribution in [0.4, 0.5) is 0 Å². The van der Waals surface area contributed by atoms with Crippen LogP contribution in [0.3, 0.4) is 0 Å². The molecular formula is C16H14N4O4. The van der Waals surface area contributed by atoms with Crippen LogP contribution in [0.2, 0.25) is 0 Å². The molecule has 1 aliphatic heterocycles. The molecule has 1 aromatic carbocycles. The molecule has 4 heterocycles. The second-order valence-electron chi connectivity index (χ2n) is 4.37. The maximum absolute atomic E-state index is 5.09. The minimum absolute atomic E-state index is 0.470. The monoisotopic (exact) mass is 326 g/mol. The van der Waals surface area contributed by atoms with Crippen molar-refractivity contribution in [3.63, 3.8) is 0 Å². The number of ether oxygens (including phenoxy) is 1. The molecule has 24 heavy (non-hydrogen) atoms. The lowest BCUT2D eigenvalue weighted by atomic mass is 10.3. The summed E-state index contributed by atoms with van der Waals surface area (Å²) < 4.78 is 19.5. The molecule has 4 aromatic rings. The van der Waals surface area contributed by atoms with Crippen molar-refractivity contribution in [3.8, 4) is 0 Å². The van der Waals surface area contributed by atoms with Crippen LogP contribution in [0.5, 0.6) is 0 Å². The number of fused-ring (bicyclic) bond motifs is 1. The molecule has 0 fully saturated rings. The SMILES string of the molecule is c1ccc2ocnc2c1.c1coc(C2=NCCO2)n1.c1cocn1. The van der Waals surface area contributed by atoms with Crippen LogP contribution in [0.25, 0.3) is 11.1 Å². The molecule has 0 saturated heterocycles. The average Bonchev–Trinajstić information content (AvgIpc) is 3.47. The molecule has 0 amide bonds. The van der Waals surface area contributed by atoms with E-state index in [0.29, 0.717) is 24.9 Å². The zero-order valence-electron chi connectivity index (χ0n) is 12.6. The third-order valence-electron chi connectivity index (χ3n) is 2.78. The van der Waals surface area contributed by atoms with Gasteiger partial charge in [-0.1, -0.05) is 12.1 Å². The highest BCUT2D eigenvalue weighted by atomic mass is 16.5. The number of oxazole rings is 3. The molecule has 3 aromatic heterocycles. The van der Waals surface area contributed by atoms with Gasteiger partial charge >= 0.3 is 0 Å². The van der Waals surface area contributed by atoms with Crippen LogP contribution >= 0.6 is 0 Å². The van der Waals surface area contributed by atoms with Gasteiger partial charge in [0.2, 0.25) is 0 Å². The van der Waals surface area contributed by atoms with Gasteiger partial charge in [-0.05, 0) is 12.1 Å². The highest BCUT2D eigenvalue weighted by molar-refractivity contribution is 5.90. The van der Waals surface area contributed by atoms with Gasteiger partial charge in [0.15, 0.2) is 18.4 Å². The lowest BCUT2D eigenvalue weighted by Gasteiger charge is -1.92. The first kappa shape index (κ1) is 15.5. The van der Waals surface area contributed by atoms with E-state index in [0.717, 1.165) is 11.1 Å². The first-order valence-corrected chi connectivity index (χ1v) is 7.11. The number of benzene rings is 1. The van der Waals surface area contributed by atoms with E-state index in [1.807, 2.05) is 24.3 Å². The number of aliphatic imine (C=N–C) groups is 1. The molecule has 0 spiro atoms. The Hall–Kier alpha value is -3.42. The van der Waals surface area contributed by atoms with Crippen molar-refractivity contribution in [2.24, 2.45) is 4.99 Å². The summed E-state index contributed by atoms with van der Waals surface area (Å²) in [4.78, 5) is 15.4. The minimum Gasteiger partial charge on any atom is -0.472 e. The first-order valence-electron chi connectivity index (χ1n) is 7.11. The van der Waals surface area contributed by atoms with Gasteiger partial charge in [0.1, 0.15) is 24.6 Å². The molecule has 0 radical (unpaired) electrons. The summed E-state index contributed by atoms with van der Waals surface area (Å²) in [6, 6.07) is 7.67. The van der Waals surface area contributed by atoms with Gasteiger partial charge in [-0.2, -0.15) is 0 Å². The van der Waals surface area contributed by atoms with E-state index in [1.165, 1.54) is 25.3 Å². The Labute approximate surface area is 136 Å². The van der Waals surface area contributed by atoms with Crippen LogP contribution < -0.4 is 0 Å². The molecule has 0 N–H and O–H groups in total. The summed E-state index contributed by atoms with van der Waals surface area (Å²) in [5.74, 6) is 0.988. The molecule has 8 nitrogen and oxygen atoms in total. The van der Waals surface area contributed by atoms with Gasteiger partial charge in [0, 0.05) is 0 Å². The van der Waals surface area contributed by atoms with Crippen molar-refractivity contribution in [1.29, 1.82) is 0 Å². The van der Waals surface area contributed by atoms with Crippen molar-refractivity contribution in [2.45, 2.75) is 0 Å². The molecule has 0 bridgehead atoms. The summed E-state index contributed by atoms with van der Waals surface area (Å²) in [7, 11) is 0. The Morgan fingerprint density at radius 3 is 2.50 bits per heavy atom. The van der Waals surface area contributed by atoms with Gasteiger partial charge in [-0.25, -0.2) is 19.9 Å². The fraction of sp³-hybridized carbons (Fsp3) is 0.125. The Balaban J connectivity index is 0.000000112. The van der Waals surface area contributed by atoms with E-state index in [4.69, 9.17) is 13.6 Å². The topological polar surface area (TPSA) is 99.7 Å². The van der Waals surface area contributed by atoms with E-state index < -0.39 is 0 Å². The molecule has 5 rings (SSSR count). The van der Waals surface area contributed by atoms with Crippen LogP contribution in [-0.4, -0.2) is 34.0 Å². The predicted molar refractivity (Wildman–Crippen MR) is 84.4 cm³/mol. The normalized spacial score (nSPS) is 12.4. The van der Waals surface area contributed by atoms with E-state index in [2.05, 4.69) is 24.4 Å². The second-order valence-corrected chi connectivity index (χ2v) is 4.37. The van der Waals surface area contributed by atoms with E-state index in [9.17, 15) is 0 Å². The average molecular weight is 326 g/mol. The number of hydrogen-bond donors (Lipinski definition) is 0. The molecule has 8 heteroatoms. The lowest BCUT2D eigenvalue weighted by molar-refractivity contribution is 0.337. The largest absolute Gasteiger partial charge is 0.472 e. The number of nitrogens with zero attached hydrogens (tertiary/aromatic N) is 4.